The second-order valence-electron chi connectivity index (χ2n) is 5.71. The minimum Gasteiger partial charge on any atom is -0.339 e. The lowest BCUT2D eigenvalue weighted by atomic mass is 9.74. The molecule has 1 aliphatic rings. The van der Waals surface area contributed by atoms with E-state index in [0.29, 0.717) is 17.6 Å². The van der Waals surface area contributed by atoms with Gasteiger partial charge in [0.2, 0.25) is 5.89 Å². The van der Waals surface area contributed by atoms with Gasteiger partial charge in [-0.1, -0.05) is 42.4 Å². The molecule has 1 fully saturated rings. The normalized spacial score (nSPS) is 26.6. The Morgan fingerprint density at radius 3 is 2.55 bits per heavy atom. The summed E-state index contributed by atoms with van der Waals surface area (Å²) in [4.78, 5) is 4.42. The highest BCUT2D eigenvalue weighted by Crippen LogP contribution is 2.40. The van der Waals surface area contributed by atoms with Crippen molar-refractivity contribution < 1.29 is 4.52 Å². The van der Waals surface area contributed by atoms with Gasteiger partial charge in [0, 0.05) is 6.42 Å². The smallest absolute Gasteiger partial charge is 0.226 e. The zero-order valence-electron chi connectivity index (χ0n) is 11.9. The number of hydrogen-bond acceptors (Lipinski definition) is 4. The first kappa shape index (κ1) is 13.3. The van der Waals surface area contributed by atoms with Gasteiger partial charge in [-0.2, -0.15) is 4.98 Å². The molecular weight excluding hydrogens is 250 g/mol. The summed E-state index contributed by atoms with van der Waals surface area (Å²) in [6.45, 7) is 2.01. The van der Waals surface area contributed by atoms with Crippen molar-refractivity contribution in [2.45, 2.75) is 50.5 Å². The van der Waals surface area contributed by atoms with Crippen molar-refractivity contribution in [1.82, 2.24) is 10.1 Å². The number of nitrogens with zero attached hydrogens (tertiary/aromatic N) is 2. The van der Waals surface area contributed by atoms with Crippen LogP contribution in [-0.4, -0.2) is 10.1 Å². The molecule has 3 rings (SSSR count). The SMILES string of the molecule is CCc1nc(C2(N)CCC(c3ccccc3)CC2)no1. The molecule has 0 aliphatic heterocycles. The van der Waals surface area contributed by atoms with Gasteiger partial charge < -0.3 is 10.3 Å². The van der Waals surface area contributed by atoms with E-state index in [1.54, 1.807) is 0 Å². The zero-order chi connectivity index (χ0) is 14.0. The summed E-state index contributed by atoms with van der Waals surface area (Å²) >= 11 is 0. The lowest BCUT2D eigenvalue weighted by Crippen LogP contribution is -2.41. The molecule has 0 spiro atoms. The van der Waals surface area contributed by atoms with Crippen molar-refractivity contribution in [2.75, 3.05) is 0 Å². The first-order valence-electron chi connectivity index (χ1n) is 7.38. The number of benzene rings is 1. The highest BCUT2D eigenvalue weighted by Gasteiger charge is 2.37. The van der Waals surface area contributed by atoms with Crippen molar-refractivity contribution in [3.8, 4) is 0 Å². The van der Waals surface area contributed by atoms with E-state index in [1.807, 2.05) is 6.92 Å². The maximum Gasteiger partial charge on any atom is 0.226 e. The monoisotopic (exact) mass is 271 g/mol. The van der Waals surface area contributed by atoms with Crippen LogP contribution in [0.1, 0.15) is 55.8 Å². The van der Waals surface area contributed by atoms with Gasteiger partial charge in [-0.3, -0.25) is 0 Å². The van der Waals surface area contributed by atoms with Crippen LogP contribution in [0.2, 0.25) is 0 Å². The molecule has 4 heteroatoms. The first-order chi connectivity index (χ1) is 9.71. The lowest BCUT2D eigenvalue weighted by Gasteiger charge is -2.34. The van der Waals surface area contributed by atoms with Gasteiger partial charge in [0.1, 0.15) is 0 Å². The van der Waals surface area contributed by atoms with Crippen molar-refractivity contribution >= 4 is 0 Å². The fourth-order valence-corrected chi connectivity index (χ4v) is 3.02. The molecule has 0 amide bonds. The fourth-order valence-electron chi connectivity index (χ4n) is 3.02. The number of hydrogen-bond donors (Lipinski definition) is 1. The Morgan fingerprint density at radius 1 is 1.25 bits per heavy atom. The van der Waals surface area contributed by atoms with Crippen LogP contribution in [-0.2, 0) is 12.0 Å². The van der Waals surface area contributed by atoms with E-state index in [1.165, 1.54) is 5.56 Å². The average Bonchev–Trinajstić information content (AvgIpc) is 2.99. The minimum absolute atomic E-state index is 0.414. The maximum absolute atomic E-state index is 6.50. The van der Waals surface area contributed by atoms with Crippen molar-refractivity contribution in [3.05, 3.63) is 47.6 Å². The Labute approximate surface area is 119 Å². The zero-order valence-corrected chi connectivity index (χ0v) is 11.9. The van der Waals surface area contributed by atoms with E-state index in [4.69, 9.17) is 10.3 Å². The molecule has 0 atom stereocenters. The molecule has 1 aliphatic carbocycles. The summed E-state index contributed by atoms with van der Waals surface area (Å²) in [5, 5.41) is 4.07. The first-order valence-corrected chi connectivity index (χ1v) is 7.38. The highest BCUT2D eigenvalue weighted by molar-refractivity contribution is 5.21. The summed E-state index contributed by atoms with van der Waals surface area (Å²) in [6.07, 6.45) is 4.74. The van der Waals surface area contributed by atoms with Crippen molar-refractivity contribution in [2.24, 2.45) is 5.73 Å². The van der Waals surface area contributed by atoms with E-state index in [2.05, 4.69) is 40.5 Å². The Kier molecular flexibility index (Phi) is 3.57. The molecule has 2 aromatic rings. The van der Waals surface area contributed by atoms with E-state index < -0.39 is 5.54 Å². The Bertz CT molecular complexity index is 556. The van der Waals surface area contributed by atoms with Gasteiger partial charge in [0.15, 0.2) is 5.82 Å². The number of aromatic nitrogens is 2. The molecule has 0 radical (unpaired) electrons. The molecule has 2 N–H and O–H groups in total. The van der Waals surface area contributed by atoms with Gasteiger partial charge >= 0.3 is 0 Å². The van der Waals surface area contributed by atoms with E-state index >= 15 is 0 Å². The third-order valence-electron chi connectivity index (χ3n) is 4.36. The Balaban J connectivity index is 1.71. The van der Waals surface area contributed by atoms with Gasteiger partial charge in [-0.15, -0.1) is 0 Å². The van der Waals surface area contributed by atoms with Gasteiger partial charge in [0.25, 0.3) is 0 Å². The van der Waals surface area contributed by atoms with Crippen molar-refractivity contribution in [1.29, 1.82) is 0 Å². The molecular formula is C16H21N3O. The molecule has 1 saturated carbocycles. The average molecular weight is 271 g/mol. The molecule has 20 heavy (non-hydrogen) atoms. The van der Waals surface area contributed by atoms with Gasteiger partial charge in [0.05, 0.1) is 5.54 Å². The standard InChI is InChI=1S/C16H21N3O/c1-2-14-18-15(19-20-14)16(17)10-8-13(9-11-16)12-6-4-3-5-7-12/h3-7,13H,2,8-11,17H2,1H3. The second kappa shape index (κ2) is 5.37. The summed E-state index contributed by atoms with van der Waals surface area (Å²) < 4.78 is 5.20. The largest absolute Gasteiger partial charge is 0.339 e. The van der Waals surface area contributed by atoms with Crippen LogP contribution in [0.3, 0.4) is 0 Å². The predicted octanol–water partition coefficient (Wildman–Crippen LogP) is 3.14. The summed E-state index contributed by atoms with van der Waals surface area (Å²) in [7, 11) is 0. The maximum atomic E-state index is 6.50. The van der Waals surface area contributed by atoms with Crippen molar-refractivity contribution in [3.63, 3.8) is 0 Å². The van der Waals surface area contributed by atoms with Gasteiger partial charge in [-0.05, 0) is 37.2 Å². The second-order valence-corrected chi connectivity index (χ2v) is 5.71. The van der Waals surface area contributed by atoms with E-state index in [9.17, 15) is 0 Å². The van der Waals surface area contributed by atoms with Crippen LogP contribution in [0, 0.1) is 0 Å². The van der Waals surface area contributed by atoms with E-state index in [0.717, 1.165) is 32.1 Å². The number of nitrogens with two attached hydrogens (primary N) is 1. The molecule has 1 aromatic heterocycles. The third-order valence-corrected chi connectivity index (χ3v) is 4.36. The number of aryl methyl sites for hydroxylation is 1. The fraction of sp³-hybridized carbons (Fsp3) is 0.500. The molecule has 106 valence electrons. The van der Waals surface area contributed by atoms with Crippen LogP contribution >= 0.6 is 0 Å². The molecule has 4 nitrogen and oxygen atoms in total. The van der Waals surface area contributed by atoms with E-state index in [-0.39, 0.29) is 0 Å². The Hall–Kier alpha value is -1.68. The van der Waals surface area contributed by atoms with Crippen LogP contribution in [0.4, 0.5) is 0 Å². The topological polar surface area (TPSA) is 64.9 Å². The highest BCUT2D eigenvalue weighted by atomic mass is 16.5. The van der Waals surface area contributed by atoms with Crippen LogP contribution in [0.15, 0.2) is 34.9 Å². The summed E-state index contributed by atoms with van der Waals surface area (Å²) in [5.41, 5.74) is 7.50. The minimum atomic E-state index is -0.414. The third kappa shape index (κ3) is 2.48. The number of rotatable bonds is 3. The summed E-state index contributed by atoms with van der Waals surface area (Å²) in [6, 6.07) is 10.7. The molecule has 1 heterocycles. The predicted molar refractivity (Wildman–Crippen MR) is 77.2 cm³/mol. The molecule has 0 unspecified atom stereocenters. The lowest BCUT2D eigenvalue weighted by molar-refractivity contribution is 0.254. The molecule has 0 bridgehead atoms. The van der Waals surface area contributed by atoms with Crippen LogP contribution in [0.5, 0.6) is 0 Å². The van der Waals surface area contributed by atoms with Crippen LogP contribution in [0.25, 0.3) is 0 Å². The molecule has 0 saturated heterocycles. The molecule has 1 aromatic carbocycles. The van der Waals surface area contributed by atoms with Crippen LogP contribution < -0.4 is 5.73 Å². The Morgan fingerprint density at radius 2 is 1.95 bits per heavy atom. The summed E-state index contributed by atoms with van der Waals surface area (Å²) in [5.74, 6) is 1.96. The van der Waals surface area contributed by atoms with Gasteiger partial charge in [-0.25, -0.2) is 0 Å². The quantitative estimate of drug-likeness (QED) is 0.931.